The van der Waals surface area contributed by atoms with Gasteiger partial charge in [0.05, 0.1) is 17.3 Å². The number of hydrogen-bond donors (Lipinski definition) is 1. The topological polar surface area (TPSA) is 48.1 Å². The van der Waals surface area contributed by atoms with Crippen LogP contribution in [0.15, 0.2) is 10.5 Å². The van der Waals surface area contributed by atoms with Gasteiger partial charge in [0.15, 0.2) is 0 Å². The van der Waals surface area contributed by atoms with Crippen LogP contribution in [0.4, 0.5) is 8.78 Å². The number of aromatic nitrogens is 1. The smallest absolute Gasteiger partial charge is 0.265 e. The minimum atomic E-state index is -2.58. The molecule has 0 saturated heterocycles. The molecule has 0 fully saturated rings. The van der Waals surface area contributed by atoms with Gasteiger partial charge < -0.3 is 10.5 Å². The van der Waals surface area contributed by atoms with Crippen LogP contribution >= 0.6 is 15.9 Å². The van der Waals surface area contributed by atoms with Crippen LogP contribution in [0.5, 0.6) is 5.88 Å². The second kappa shape index (κ2) is 4.65. The molecule has 3 nitrogen and oxygen atoms in total. The summed E-state index contributed by atoms with van der Waals surface area (Å²) >= 11 is 3.00. The summed E-state index contributed by atoms with van der Waals surface area (Å²) in [5, 5.41) is 0. The summed E-state index contributed by atoms with van der Waals surface area (Å²) in [6.07, 6.45) is -2.58. The first-order chi connectivity index (χ1) is 6.60. The fraction of sp³-hybridized carbons (Fsp3) is 0.375. The zero-order valence-electron chi connectivity index (χ0n) is 7.43. The summed E-state index contributed by atoms with van der Waals surface area (Å²) < 4.78 is 30.0. The molecule has 6 heteroatoms. The molecule has 0 amide bonds. The lowest BCUT2D eigenvalue weighted by molar-refractivity contribution is 0.149. The van der Waals surface area contributed by atoms with Crippen LogP contribution in [0.25, 0.3) is 0 Å². The number of nitrogens with zero attached hydrogens (tertiary/aromatic N) is 1. The minimum absolute atomic E-state index is 0.101. The Balaban J connectivity index is 3.27. The third-order valence-electron chi connectivity index (χ3n) is 1.65. The predicted molar refractivity (Wildman–Crippen MR) is 51.3 cm³/mol. The summed E-state index contributed by atoms with van der Waals surface area (Å²) in [5.41, 5.74) is 5.53. The second-order valence-corrected chi connectivity index (χ2v) is 3.32. The monoisotopic (exact) mass is 266 g/mol. The van der Waals surface area contributed by atoms with E-state index in [0.29, 0.717) is 5.69 Å². The number of hydrogen-bond acceptors (Lipinski definition) is 3. The van der Waals surface area contributed by atoms with Crippen molar-refractivity contribution in [1.29, 1.82) is 0 Å². The van der Waals surface area contributed by atoms with Crippen molar-refractivity contribution in [3.8, 4) is 5.88 Å². The van der Waals surface area contributed by atoms with E-state index in [-0.39, 0.29) is 22.5 Å². The number of methoxy groups -OCH3 is 1. The van der Waals surface area contributed by atoms with Crippen molar-refractivity contribution in [2.24, 2.45) is 5.73 Å². The van der Waals surface area contributed by atoms with E-state index in [0.717, 1.165) is 0 Å². The molecule has 0 aromatic carbocycles. The van der Waals surface area contributed by atoms with E-state index >= 15 is 0 Å². The molecule has 14 heavy (non-hydrogen) atoms. The van der Waals surface area contributed by atoms with Gasteiger partial charge in [0.1, 0.15) is 0 Å². The summed E-state index contributed by atoms with van der Waals surface area (Å²) in [5.74, 6) is 0.128. The lowest BCUT2D eigenvalue weighted by Crippen LogP contribution is -2.04. The second-order valence-electron chi connectivity index (χ2n) is 2.53. The average molecular weight is 267 g/mol. The first-order valence-electron chi connectivity index (χ1n) is 3.81. The zero-order valence-corrected chi connectivity index (χ0v) is 9.01. The number of halogens is 3. The third kappa shape index (κ3) is 2.19. The standard InChI is InChI=1S/C8H9BrF2N2O/c1-14-8-6(9)5(7(10)11)2-4(3-12)13-8/h2,7H,3,12H2,1H3. The maximum absolute atomic E-state index is 12.5. The molecular weight excluding hydrogens is 258 g/mol. The lowest BCUT2D eigenvalue weighted by Gasteiger charge is -2.09. The molecule has 0 saturated carbocycles. The highest BCUT2D eigenvalue weighted by atomic mass is 79.9. The fourth-order valence-electron chi connectivity index (χ4n) is 0.977. The van der Waals surface area contributed by atoms with E-state index < -0.39 is 6.43 Å². The molecule has 2 N–H and O–H groups in total. The molecule has 0 spiro atoms. The molecule has 0 radical (unpaired) electrons. The highest BCUT2D eigenvalue weighted by molar-refractivity contribution is 9.10. The first-order valence-corrected chi connectivity index (χ1v) is 4.61. The Bertz CT molecular complexity index is 333. The normalized spacial score (nSPS) is 10.7. The Morgan fingerprint density at radius 2 is 2.29 bits per heavy atom. The zero-order chi connectivity index (χ0) is 10.7. The highest BCUT2D eigenvalue weighted by Crippen LogP contribution is 2.33. The van der Waals surface area contributed by atoms with Crippen molar-refractivity contribution in [3.63, 3.8) is 0 Å². The maximum Gasteiger partial charge on any atom is 0.265 e. The summed E-state index contributed by atoms with van der Waals surface area (Å²) in [6, 6.07) is 1.26. The number of alkyl halides is 2. The largest absolute Gasteiger partial charge is 0.480 e. The van der Waals surface area contributed by atoms with Crippen LogP contribution in [-0.2, 0) is 6.54 Å². The van der Waals surface area contributed by atoms with Crippen LogP contribution in [0.2, 0.25) is 0 Å². The Morgan fingerprint density at radius 1 is 1.64 bits per heavy atom. The molecule has 1 rings (SSSR count). The van der Waals surface area contributed by atoms with Crippen LogP contribution < -0.4 is 10.5 Å². The average Bonchev–Trinajstić information content (AvgIpc) is 2.17. The van der Waals surface area contributed by atoms with Crippen molar-refractivity contribution < 1.29 is 13.5 Å². The van der Waals surface area contributed by atoms with Gasteiger partial charge in [-0.3, -0.25) is 0 Å². The molecule has 0 bridgehead atoms. The molecule has 1 heterocycles. The first kappa shape index (κ1) is 11.3. The van der Waals surface area contributed by atoms with Gasteiger partial charge in [-0.2, -0.15) is 0 Å². The van der Waals surface area contributed by atoms with Gasteiger partial charge in [-0.1, -0.05) is 0 Å². The Labute approximate surface area is 88.4 Å². The summed E-state index contributed by atoms with van der Waals surface area (Å²) in [4.78, 5) is 3.92. The van der Waals surface area contributed by atoms with E-state index in [4.69, 9.17) is 10.5 Å². The Kier molecular flexibility index (Phi) is 3.77. The van der Waals surface area contributed by atoms with Crippen molar-refractivity contribution in [2.75, 3.05) is 7.11 Å². The molecule has 78 valence electrons. The Hall–Kier alpha value is -0.750. The van der Waals surface area contributed by atoms with Crippen LogP contribution in [0, 0.1) is 0 Å². The van der Waals surface area contributed by atoms with Crippen LogP contribution in [-0.4, -0.2) is 12.1 Å². The molecule has 1 aromatic heterocycles. The lowest BCUT2D eigenvalue weighted by atomic mass is 10.2. The fourth-order valence-corrected chi connectivity index (χ4v) is 1.51. The van der Waals surface area contributed by atoms with Crippen molar-refractivity contribution in [1.82, 2.24) is 4.98 Å². The number of rotatable bonds is 3. The van der Waals surface area contributed by atoms with Gasteiger partial charge >= 0.3 is 0 Å². The van der Waals surface area contributed by atoms with Crippen molar-refractivity contribution in [2.45, 2.75) is 13.0 Å². The SMILES string of the molecule is COc1nc(CN)cc(C(F)F)c1Br. The van der Waals surface area contributed by atoms with Crippen LogP contribution in [0.1, 0.15) is 17.7 Å². The van der Waals surface area contributed by atoms with Gasteiger partial charge in [0.2, 0.25) is 5.88 Å². The van der Waals surface area contributed by atoms with Gasteiger partial charge in [0.25, 0.3) is 6.43 Å². The molecule has 1 aromatic rings. The Morgan fingerprint density at radius 3 is 2.71 bits per heavy atom. The van der Waals surface area contributed by atoms with E-state index in [2.05, 4.69) is 20.9 Å². The van der Waals surface area contributed by atoms with Gasteiger partial charge in [-0.05, 0) is 22.0 Å². The highest BCUT2D eigenvalue weighted by Gasteiger charge is 2.17. The molecule has 0 atom stereocenters. The van der Waals surface area contributed by atoms with Crippen molar-refractivity contribution in [3.05, 3.63) is 21.8 Å². The number of pyridine rings is 1. The number of nitrogens with two attached hydrogens (primary N) is 1. The predicted octanol–water partition coefficient (Wildman–Crippen LogP) is 2.25. The quantitative estimate of drug-likeness (QED) is 0.913. The van der Waals surface area contributed by atoms with Crippen LogP contribution in [0.3, 0.4) is 0 Å². The van der Waals surface area contributed by atoms with Crippen molar-refractivity contribution >= 4 is 15.9 Å². The van der Waals surface area contributed by atoms with Gasteiger partial charge in [-0.15, -0.1) is 0 Å². The molecule has 0 aliphatic heterocycles. The number of ether oxygens (including phenoxy) is 1. The van der Waals surface area contributed by atoms with E-state index in [1.807, 2.05) is 0 Å². The molecular formula is C8H9BrF2N2O. The van der Waals surface area contributed by atoms with Gasteiger partial charge in [0, 0.05) is 12.1 Å². The maximum atomic E-state index is 12.5. The molecule has 0 aliphatic rings. The van der Waals surface area contributed by atoms with E-state index in [1.54, 1.807) is 0 Å². The third-order valence-corrected chi connectivity index (χ3v) is 2.44. The summed E-state index contributed by atoms with van der Waals surface area (Å²) in [6.45, 7) is 0.101. The van der Waals surface area contributed by atoms with E-state index in [1.165, 1.54) is 13.2 Å². The molecule has 0 unspecified atom stereocenters. The van der Waals surface area contributed by atoms with E-state index in [9.17, 15) is 8.78 Å². The minimum Gasteiger partial charge on any atom is -0.480 e. The van der Waals surface area contributed by atoms with Gasteiger partial charge in [-0.25, -0.2) is 13.8 Å². The summed E-state index contributed by atoms with van der Waals surface area (Å²) in [7, 11) is 1.36. The molecule has 0 aliphatic carbocycles.